The highest BCUT2D eigenvalue weighted by atomic mass is 32.2. The van der Waals surface area contributed by atoms with Crippen molar-refractivity contribution < 1.29 is 13.2 Å². The average Bonchev–Trinajstić information content (AvgIpc) is 3.27. The molecule has 0 radical (unpaired) electrons. The second-order valence-electron chi connectivity index (χ2n) is 6.30. The molecule has 5 nitrogen and oxygen atoms in total. The molecular formula is C21H22N2O3S2. The molecule has 0 aliphatic rings. The molecule has 28 heavy (non-hydrogen) atoms. The lowest BCUT2D eigenvalue weighted by atomic mass is 10.1. The maximum Gasteiger partial charge on any atom is 0.273 e. The van der Waals surface area contributed by atoms with Gasteiger partial charge in [-0.3, -0.25) is 9.10 Å². The van der Waals surface area contributed by atoms with Crippen LogP contribution in [0.15, 0.2) is 76.3 Å². The number of hydrogen-bond acceptors (Lipinski definition) is 4. The van der Waals surface area contributed by atoms with E-state index >= 15 is 0 Å². The summed E-state index contributed by atoms with van der Waals surface area (Å²) in [5.74, 6) is -0.164. The molecule has 0 saturated heterocycles. The fourth-order valence-corrected chi connectivity index (χ4v) is 5.10. The predicted molar refractivity (Wildman–Crippen MR) is 113 cm³/mol. The molecule has 0 atom stereocenters. The zero-order valence-electron chi connectivity index (χ0n) is 15.5. The number of anilines is 1. The first-order chi connectivity index (χ1) is 13.5. The second kappa shape index (κ2) is 9.03. The van der Waals surface area contributed by atoms with Gasteiger partial charge in [-0.05, 0) is 54.1 Å². The third-order valence-corrected chi connectivity index (χ3v) is 7.53. The molecule has 0 spiro atoms. The van der Waals surface area contributed by atoms with E-state index in [1.807, 2.05) is 18.2 Å². The van der Waals surface area contributed by atoms with Gasteiger partial charge in [-0.25, -0.2) is 8.42 Å². The van der Waals surface area contributed by atoms with Gasteiger partial charge in [-0.2, -0.15) is 0 Å². The van der Waals surface area contributed by atoms with Crippen molar-refractivity contribution in [3.63, 3.8) is 0 Å². The monoisotopic (exact) mass is 414 g/mol. The number of carbonyl (C=O) groups is 1. The Balaban J connectivity index is 1.55. The summed E-state index contributed by atoms with van der Waals surface area (Å²) < 4.78 is 26.6. The fraction of sp³-hybridized carbons (Fsp3) is 0.190. The molecule has 1 amide bonds. The van der Waals surface area contributed by atoms with Crippen LogP contribution in [0.5, 0.6) is 0 Å². The number of aryl methyl sites for hydroxylation is 1. The summed E-state index contributed by atoms with van der Waals surface area (Å²) in [7, 11) is -2.07. The topological polar surface area (TPSA) is 66.5 Å². The van der Waals surface area contributed by atoms with Crippen molar-refractivity contribution in [2.75, 3.05) is 17.9 Å². The number of carbonyl (C=O) groups excluding carboxylic acids is 1. The molecule has 3 rings (SSSR count). The number of hydrogen-bond donors (Lipinski definition) is 1. The third-order valence-electron chi connectivity index (χ3n) is 4.37. The van der Waals surface area contributed by atoms with Crippen LogP contribution in [-0.4, -0.2) is 27.9 Å². The minimum absolute atomic E-state index is 0.164. The van der Waals surface area contributed by atoms with Crippen LogP contribution in [0.4, 0.5) is 5.69 Å². The Bertz CT molecular complexity index is 1000. The highest BCUT2D eigenvalue weighted by Gasteiger charge is 2.22. The van der Waals surface area contributed by atoms with E-state index in [-0.39, 0.29) is 10.1 Å². The Morgan fingerprint density at radius 3 is 2.36 bits per heavy atom. The minimum Gasteiger partial charge on any atom is -0.352 e. The Hall–Kier alpha value is -2.64. The van der Waals surface area contributed by atoms with Crippen molar-refractivity contribution >= 4 is 33.0 Å². The quantitative estimate of drug-likeness (QED) is 0.568. The van der Waals surface area contributed by atoms with E-state index in [0.717, 1.165) is 12.8 Å². The maximum atomic E-state index is 12.6. The van der Waals surface area contributed by atoms with E-state index in [4.69, 9.17) is 0 Å². The molecule has 146 valence electrons. The van der Waals surface area contributed by atoms with Gasteiger partial charge in [-0.1, -0.05) is 36.4 Å². The lowest BCUT2D eigenvalue weighted by Gasteiger charge is -2.18. The second-order valence-corrected chi connectivity index (χ2v) is 9.44. The first kappa shape index (κ1) is 20.1. The van der Waals surface area contributed by atoms with Crippen LogP contribution in [0.1, 0.15) is 22.3 Å². The third kappa shape index (κ3) is 4.79. The smallest absolute Gasteiger partial charge is 0.273 e. The Kier molecular flexibility index (Phi) is 6.49. The molecule has 0 unspecified atom stereocenters. The normalized spacial score (nSPS) is 11.2. The Labute approximate surface area is 169 Å². The summed E-state index contributed by atoms with van der Waals surface area (Å²) in [5, 5.41) is 4.63. The zero-order chi connectivity index (χ0) is 20.0. The number of thiophene rings is 1. The first-order valence-corrected chi connectivity index (χ1v) is 11.2. The van der Waals surface area contributed by atoms with Gasteiger partial charge in [0.2, 0.25) is 0 Å². The molecular weight excluding hydrogens is 392 g/mol. The van der Waals surface area contributed by atoms with E-state index in [2.05, 4.69) is 17.4 Å². The van der Waals surface area contributed by atoms with Crippen LogP contribution in [0.2, 0.25) is 0 Å². The van der Waals surface area contributed by atoms with Gasteiger partial charge in [0.15, 0.2) is 0 Å². The standard InChI is InChI=1S/C21H22N2O3S2/c1-23(28(25,26)20-10-6-16-27-20)19-13-11-18(12-14-19)21(24)22-15-5-9-17-7-3-2-4-8-17/h2-4,6-8,10-14,16H,5,9,15H2,1H3,(H,22,24). The van der Waals surface area contributed by atoms with Gasteiger partial charge in [0.1, 0.15) is 4.21 Å². The Morgan fingerprint density at radius 1 is 1.00 bits per heavy atom. The van der Waals surface area contributed by atoms with Gasteiger partial charge in [-0.15, -0.1) is 11.3 Å². The largest absolute Gasteiger partial charge is 0.352 e. The number of amides is 1. The van der Waals surface area contributed by atoms with Gasteiger partial charge in [0.05, 0.1) is 5.69 Å². The van der Waals surface area contributed by atoms with Crippen LogP contribution in [0.25, 0.3) is 0 Å². The SMILES string of the molecule is CN(c1ccc(C(=O)NCCCc2ccccc2)cc1)S(=O)(=O)c1cccs1. The van der Waals surface area contributed by atoms with E-state index in [0.29, 0.717) is 17.8 Å². The first-order valence-electron chi connectivity index (χ1n) is 8.93. The number of nitrogens with one attached hydrogen (secondary N) is 1. The number of benzene rings is 2. The lowest BCUT2D eigenvalue weighted by molar-refractivity contribution is 0.0953. The summed E-state index contributed by atoms with van der Waals surface area (Å²) in [6.07, 6.45) is 1.76. The van der Waals surface area contributed by atoms with Crippen molar-refractivity contribution in [1.82, 2.24) is 5.32 Å². The van der Waals surface area contributed by atoms with Gasteiger partial charge in [0.25, 0.3) is 15.9 Å². The van der Waals surface area contributed by atoms with Crippen molar-refractivity contribution in [3.05, 3.63) is 83.2 Å². The molecule has 1 N–H and O–H groups in total. The highest BCUT2D eigenvalue weighted by Crippen LogP contribution is 2.25. The van der Waals surface area contributed by atoms with Crippen LogP contribution in [0, 0.1) is 0 Å². The van der Waals surface area contributed by atoms with E-state index in [1.165, 1.54) is 28.3 Å². The van der Waals surface area contributed by atoms with E-state index < -0.39 is 10.0 Å². The summed E-state index contributed by atoms with van der Waals surface area (Å²) >= 11 is 1.18. The number of rotatable bonds is 8. The van der Waals surface area contributed by atoms with Crippen molar-refractivity contribution in [3.8, 4) is 0 Å². The molecule has 2 aromatic carbocycles. The zero-order valence-corrected chi connectivity index (χ0v) is 17.2. The molecule has 1 aromatic heterocycles. The molecule has 0 bridgehead atoms. The predicted octanol–water partition coefficient (Wildman–Crippen LogP) is 3.94. The molecule has 3 aromatic rings. The number of nitrogens with zero attached hydrogens (tertiary/aromatic N) is 1. The van der Waals surface area contributed by atoms with E-state index in [1.54, 1.807) is 41.8 Å². The Morgan fingerprint density at radius 2 is 1.71 bits per heavy atom. The average molecular weight is 415 g/mol. The highest BCUT2D eigenvalue weighted by molar-refractivity contribution is 7.94. The van der Waals surface area contributed by atoms with Crippen molar-refractivity contribution in [2.24, 2.45) is 0 Å². The summed E-state index contributed by atoms with van der Waals surface area (Å²) in [6, 6.07) is 20.0. The molecule has 0 fully saturated rings. The molecule has 0 aliphatic carbocycles. The number of sulfonamides is 1. The fourth-order valence-electron chi connectivity index (χ4n) is 2.75. The molecule has 0 saturated carbocycles. The van der Waals surface area contributed by atoms with Crippen LogP contribution < -0.4 is 9.62 Å². The summed E-state index contributed by atoms with van der Waals surface area (Å²) in [4.78, 5) is 12.3. The van der Waals surface area contributed by atoms with Crippen LogP contribution >= 0.6 is 11.3 Å². The summed E-state index contributed by atoms with van der Waals surface area (Å²) in [6.45, 7) is 0.585. The van der Waals surface area contributed by atoms with Crippen LogP contribution in [0.3, 0.4) is 0 Å². The van der Waals surface area contributed by atoms with Crippen molar-refractivity contribution in [1.29, 1.82) is 0 Å². The molecule has 7 heteroatoms. The molecule has 0 aliphatic heterocycles. The van der Waals surface area contributed by atoms with Crippen LogP contribution in [-0.2, 0) is 16.4 Å². The minimum atomic E-state index is -3.57. The maximum absolute atomic E-state index is 12.6. The lowest BCUT2D eigenvalue weighted by Crippen LogP contribution is -2.26. The van der Waals surface area contributed by atoms with Gasteiger partial charge >= 0.3 is 0 Å². The molecule has 1 heterocycles. The van der Waals surface area contributed by atoms with Crippen molar-refractivity contribution in [2.45, 2.75) is 17.1 Å². The van der Waals surface area contributed by atoms with E-state index in [9.17, 15) is 13.2 Å². The summed E-state index contributed by atoms with van der Waals surface area (Å²) in [5.41, 5.74) is 2.26. The van der Waals surface area contributed by atoms with Gasteiger partial charge < -0.3 is 5.32 Å². The van der Waals surface area contributed by atoms with Gasteiger partial charge in [0, 0.05) is 19.2 Å².